The van der Waals surface area contributed by atoms with Crippen LogP contribution in [-0.2, 0) is 0 Å². The van der Waals surface area contributed by atoms with E-state index in [0.29, 0.717) is 5.33 Å². The van der Waals surface area contributed by atoms with Gasteiger partial charge in [0.2, 0.25) is 0 Å². The van der Waals surface area contributed by atoms with Crippen LogP contribution in [0.1, 0.15) is 0 Å². The minimum atomic E-state index is -1.10. The fourth-order valence-electron chi connectivity index (χ4n) is 0. The van der Waals surface area contributed by atoms with Gasteiger partial charge in [0.25, 0.3) is 0 Å². The summed E-state index contributed by atoms with van der Waals surface area (Å²) in [6.07, 6.45) is 0. The Bertz CT molecular complexity index is 41.3. The standard InChI is InChI=1S/C2H4BrCl2N/c3-1-2(4,5)6/h1,6H2. The van der Waals surface area contributed by atoms with Crippen LogP contribution in [-0.4, -0.2) is 9.79 Å². The summed E-state index contributed by atoms with van der Waals surface area (Å²) in [6.45, 7) is 0. The zero-order chi connectivity index (χ0) is 5.21. The second-order valence-electron chi connectivity index (χ2n) is 0.895. The molecule has 0 fully saturated rings. The maximum atomic E-state index is 5.21. The van der Waals surface area contributed by atoms with Crippen molar-refractivity contribution >= 4 is 39.1 Å². The Labute approximate surface area is 54.9 Å². The van der Waals surface area contributed by atoms with Gasteiger partial charge >= 0.3 is 0 Å². The van der Waals surface area contributed by atoms with Gasteiger partial charge < -0.3 is 0 Å². The van der Waals surface area contributed by atoms with Crippen LogP contribution in [0.3, 0.4) is 0 Å². The van der Waals surface area contributed by atoms with Crippen LogP contribution < -0.4 is 5.73 Å². The van der Waals surface area contributed by atoms with Crippen molar-refractivity contribution in [1.29, 1.82) is 0 Å². The summed E-state index contributed by atoms with van der Waals surface area (Å²) in [5.41, 5.74) is 5.02. The van der Waals surface area contributed by atoms with E-state index in [-0.39, 0.29) is 0 Å². The van der Waals surface area contributed by atoms with E-state index < -0.39 is 4.46 Å². The molecule has 2 N–H and O–H groups in total. The maximum Gasteiger partial charge on any atom is 0.176 e. The molecule has 0 aliphatic rings. The minimum absolute atomic E-state index is 0.392. The average molecular weight is 193 g/mol. The summed E-state index contributed by atoms with van der Waals surface area (Å²) in [4.78, 5) is 0. The summed E-state index contributed by atoms with van der Waals surface area (Å²) in [5.74, 6) is 0. The van der Waals surface area contributed by atoms with Crippen molar-refractivity contribution in [2.45, 2.75) is 4.46 Å². The van der Waals surface area contributed by atoms with Crippen LogP contribution >= 0.6 is 39.1 Å². The quantitative estimate of drug-likeness (QED) is 0.495. The first kappa shape index (κ1) is 7.02. The van der Waals surface area contributed by atoms with Crippen molar-refractivity contribution in [3.05, 3.63) is 0 Å². The van der Waals surface area contributed by atoms with Crippen LogP contribution in [0.5, 0.6) is 0 Å². The molecule has 0 rings (SSSR count). The van der Waals surface area contributed by atoms with Gasteiger partial charge in [-0.25, -0.2) is 0 Å². The normalized spacial score (nSPS) is 12.0. The predicted molar refractivity (Wildman–Crippen MR) is 32.4 cm³/mol. The molecule has 0 aliphatic carbocycles. The van der Waals surface area contributed by atoms with Gasteiger partial charge in [-0.2, -0.15) is 0 Å². The van der Waals surface area contributed by atoms with Gasteiger partial charge in [0.1, 0.15) is 0 Å². The molecule has 0 amide bonds. The first-order valence-electron chi connectivity index (χ1n) is 1.29. The number of nitrogens with two attached hydrogens (primary N) is 1. The number of halogens is 3. The predicted octanol–water partition coefficient (Wildman–Crippen LogP) is 1.47. The Morgan fingerprint density at radius 1 is 1.67 bits per heavy atom. The SMILES string of the molecule is NC(Cl)(Cl)CBr. The van der Waals surface area contributed by atoms with Gasteiger partial charge in [0, 0.05) is 5.33 Å². The van der Waals surface area contributed by atoms with Crippen molar-refractivity contribution in [3.63, 3.8) is 0 Å². The molecule has 0 atom stereocenters. The largest absolute Gasteiger partial charge is 0.299 e. The zero-order valence-corrected chi connectivity index (χ0v) is 6.02. The lowest BCUT2D eigenvalue weighted by atomic mass is 10.8. The average Bonchev–Trinajstić information content (AvgIpc) is 1.35. The summed E-state index contributed by atoms with van der Waals surface area (Å²) in [6, 6.07) is 0. The maximum absolute atomic E-state index is 5.21. The fourth-order valence-corrected chi connectivity index (χ4v) is 0. The monoisotopic (exact) mass is 191 g/mol. The summed E-state index contributed by atoms with van der Waals surface area (Å²) in [7, 11) is 0. The molecule has 0 radical (unpaired) electrons. The van der Waals surface area contributed by atoms with Crippen molar-refractivity contribution in [1.82, 2.24) is 0 Å². The smallest absolute Gasteiger partial charge is 0.176 e. The Kier molecular flexibility index (Phi) is 2.76. The molecule has 4 heteroatoms. The Balaban J connectivity index is 3.17. The molecule has 0 heterocycles. The highest BCUT2D eigenvalue weighted by atomic mass is 79.9. The summed E-state index contributed by atoms with van der Waals surface area (Å²) >= 11 is 13.4. The van der Waals surface area contributed by atoms with Crippen LogP contribution in [0.2, 0.25) is 0 Å². The van der Waals surface area contributed by atoms with Gasteiger partial charge in [-0.3, -0.25) is 5.73 Å². The molecule has 0 spiro atoms. The lowest BCUT2D eigenvalue weighted by molar-refractivity contribution is 0.958. The van der Waals surface area contributed by atoms with Gasteiger partial charge in [0.05, 0.1) is 0 Å². The van der Waals surface area contributed by atoms with E-state index in [1.54, 1.807) is 0 Å². The lowest BCUT2D eigenvalue weighted by Gasteiger charge is -2.05. The first-order valence-corrected chi connectivity index (χ1v) is 3.16. The van der Waals surface area contributed by atoms with E-state index in [0.717, 1.165) is 0 Å². The zero-order valence-electron chi connectivity index (χ0n) is 2.92. The topological polar surface area (TPSA) is 26.0 Å². The van der Waals surface area contributed by atoms with E-state index in [1.807, 2.05) is 0 Å². The highest BCUT2D eigenvalue weighted by Gasteiger charge is 2.12. The third-order valence-corrected chi connectivity index (χ3v) is 1.98. The third kappa shape index (κ3) is 5.02. The van der Waals surface area contributed by atoms with Crippen molar-refractivity contribution in [2.24, 2.45) is 5.73 Å². The Morgan fingerprint density at radius 2 is 1.83 bits per heavy atom. The number of rotatable bonds is 1. The molecule has 1 nitrogen and oxygen atoms in total. The van der Waals surface area contributed by atoms with E-state index in [9.17, 15) is 0 Å². The van der Waals surface area contributed by atoms with E-state index in [4.69, 9.17) is 28.9 Å². The van der Waals surface area contributed by atoms with Gasteiger partial charge in [-0.1, -0.05) is 39.1 Å². The molecule has 0 saturated heterocycles. The molecule has 0 aromatic carbocycles. The summed E-state index contributed by atoms with van der Waals surface area (Å²) < 4.78 is -1.10. The fraction of sp³-hybridized carbons (Fsp3) is 1.00. The van der Waals surface area contributed by atoms with E-state index in [2.05, 4.69) is 15.9 Å². The molecule has 0 aliphatic heterocycles. The molecular weight excluding hydrogens is 189 g/mol. The highest BCUT2D eigenvalue weighted by Crippen LogP contribution is 2.14. The number of hydrogen-bond donors (Lipinski definition) is 1. The molecule has 38 valence electrons. The van der Waals surface area contributed by atoms with Crippen LogP contribution in [0.25, 0.3) is 0 Å². The Hall–Kier alpha value is 1.02. The minimum Gasteiger partial charge on any atom is -0.299 e. The van der Waals surface area contributed by atoms with Crippen LogP contribution in [0.15, 0.2) is 0 Å². The lowest BCUT2D eigenvalue weighted by Crippen LogP contribution is -2.26. The molecule has 0 unspecified atom stereocenters. The highest BCUT2D eigenvalue weighted by molar-refractivity contribution is 9.09. The van der Waals surface area contributed by atoms with Crippen molar-refractivity contribution in [3.8, 4) is 0 Å². The third-order valence-electron chi connectivity index (χ3n) is 0.178. The van der Waals surface area contributed by atoms with Gasteiger partial charge in [0.15, 0.2) is 4.46 Å². The molecule has 0 bridgehead atoms. The van der Waals surface area contributed by atoms with Crippen LogP contribution in [0, 0.1) is 0 Å². The second kappa shape index (κ2) is 2.36. The molecule has 0 aromatic heterocycles. The van der Waals surface area contributed by atoms with Gasteiger partial charge in [-0.15, -0.1) is 0 Å². The summed E-state index contributed by atoms with van der Waals surface area (Å²) in [5, 5.41) is 0.392. The second-order valence-corrected chi connectivity index (χ2v) is 3.00. The van der Waals surface area contributed by atoms with E-state index >= 15 is 0 Å². The Morgan fingerprint density at radius 3 is 1.83 bits per heavy atom. The molecule has 0 saturated carbocycles. The van der Waals surface area contributed by atoms with Crippen LogP contribution in [0.4, 0.5) is 0 Å². The molecule has 0 aromatic rings. The number of alkyl halides is 3. The van der Waals surface area contributed by atoms with Gasteiger partial charge in [-0.05, 0) is 0 Å². The first-order chi connectivity index (χ1) is 2.56. The van der Waals surface area contributed by atoms with Crippen molar-refractivity contribution in [2.75, 3.05) is 5.33 Å². The number of hydrogen-bond acceptors (Lipinski definition) is 1. The molecular formula is C2H4BrCl2N. The van der Waals surface area contributed by atoms with E-state index in [1.165, 1.54) is 0 Å². The molecule has 6 heavy (non-hydrogen) atoms. The van der Waals surface area contributed by atoms with Crippen molar-refractivity contribution < 1.29 is 0 Å².